The Morgan fingerprint density at radius 3 is 2.82 bits per heavy atom. The van der Waals surface area contributed by atoms with Gasteiger partial charge in [-0.05, 0) is 61.7 Å². The molecule has 7 nitrogen and oxygen atoms in total. The molecule has 0 saturated carbocycles. The van der Waals surface area contributed by atoms with Gasteiger partial charge in [-0.25, -0.2) is 4.99 Å². The summed E-state index contributed by atoms with van der Waals surface area (Å²) in [6.07, 6.45) is 9.84. The largest absolute Gasteiger partial charge is 0.497 e. The molecule has 0 amide bonds. The average molecular weight is 401 g/mol. The minimum Gasteiger partial charge on any atom is -0.497 e. The highest BCUT2D eigenvalue weighted by Crippen LogP contribution is 2.36. The van der Waals surface area contributed by atoms with Crippen molar-refractivity contribution in [3.05, 3.63) is 53.5 Å². The van der Waals surface area contributed by atoms with E-state index in [4.69, 9.17) is 27.2 Å². The fourth-order valence-electron chi connectivity index (χ4n) is 3.89. The predicted octanol–water partition coefficient (Wildman–Crippen LogP) is 2.78. The highest BCUT2D eigenvalue weighted by Gasteiger charge is 2.28. The maximum Gasteiger partial charge on any atom is 0.121 e. The number of nitrogens with two attached hydrogens (primary N) is 1. The molecule has 8 heteroatoms. The van der Waals surface area contributed by atoms with Crippen LogP contribution in [-0.4, -0.2) is 42.5 Å². The molecule has 0 spiro atoms. The van der Waals surface area contributed by atoms with E-state index in [1.165, 1.54) is 0 Å². The van der Waals surface area contributed by atoms with E-state index in [0.29, 0.717) is 23.4 Å². The molecule has 2 aromatic rings. The zero-order valence-electron chi connectivity index (χ0n) is 15.9. The maximum absolute atomic E-state index is 6.37. The Morgan fingerprint density at radius 1 is 1.29 bits per heavy atom. The number of hydrogen-bond acceptors (Lipinski definition) is 6. The number of methoxy groups -OCH3 is 1. The third-order valence-electron chi connectivity index (χ3n) is 5.34. The van der Waals surface area contributed by atoms with Crippen LogP contribution in [0.1, 0.15) is 24.4 Å². The summed E-state index contributed by atoms with van der Waals surface area (Å²) >= 11 is 6.37. The lowest BCUT2D eigenvalue weighted by Gasteiger charge is -2.31. The van der Waals surface area contributed by atoms with E-state index in [1.807, 2.05) is 34.1 Å². The van der Waals surface area contributed by atoms with Crippen LogP contribution in [0.2, 0.25) is 5.02 Å². The topological polar surface area (TPSA) is 80.7 Å². The summed E-state index contributed by atoms with van der Waals surface area (Å²) in [7, 11) is 1.66. The Kier molecular flexibility index (Phi) is 5.54. The minimum atomic E-state index is 0.0887. The molecule has 0 radical (unpaired) electrons. The van der Waals surface area contributed by atoms with Crippen LogP contribution in [0.15, 0.2) is 47.9 Å². The molecular formula is C20H25ClN6O. The molecule has 2 aliphatic rings. The first kappa shape index (κ1) is 18.8. The van der Waals surface area contributed by atoms with E-state index < -0.39 is 0 Å². The van der Waals surface area contributed by atoms with Gasteiger partial charge in [-0.2, -0.15) is 5.10 Å². The Balaban J connectivity index is 1.68. The smallest absolute Gasteiger partial charge is 0.121 e. The van der Waals surface area contributed by atoms with Gasteiger partial charge in [-0.3, -0.25) is 4.68 Å². The molecule has 3 N–H and O–H groups in total. The monoisotopic (exact) mass is 400 g/mol. The lowest BCUT2D eigenvalue weighted by atomic mass is 9.86. The molecule has 1 aromatic carbocycles. The fourth-order valence-corrected chi connectivity index (χ4v) is 4.13. The first-order chi connectivity index (χ1) is 13.6. The third kappa shape index (κ3) is 4.00. The number of hydrogen-bond donors (Lipinski definition) is 2. The third-order valence-corrected chi connectivity index (χ3v) is 5.55. The number of benzene rings is 1. The molecule has 1 fully saturated rings. The van der Waals surface area contributed by atoms with Crippen LogP contribution in [0.25, 0.3) is 0 Å². The molecular weight excluding hydrogens is 376 g/mol. The number of piperidine rings is 1. The molecule has 1 aromatic heterocycles. The number of amidine groups is 1. The summed E-state index contributed by atoms with van der Waals surface area (Å²) in [5.74, 6) is 1.77. The van der Waals surface area contributed by atoms with Gasteiger partial charge in [-0.1, -0.05) is 11.6 Å². The summed E-state index contributed by atoms with van der Waals surface area (Å²) in [4.78, 5) is 6.30. The van der Waals surface area contributed by atoms with Gasteiger partial charge >= 0.3 is 0 Å². The van der Waals surface area contributed by atoms with Gasteiger partial charge in [0.25, 0.3) is 0 Å². The zero-order chi connectivity index (χ0) is 19.5. The van der Waals surface area contributed by atoms with Crippen molar-refractivity contribution in [3.8, 4) is 5.75 Å². The van der Waals surface area contributed by atoms with Crippen molar-refractivity contribution in [2.75, 3.05) is 31.8 Å². The molecule has 28 heavy (non-hydrogen) atoms. The van der Waals surface area contributed by atoms with E-state index >= 15 is 0 Å². The number of aliphatic imine (C=N–C) groups is 1. The second-order valence-electron chi connectivity index (χ2n) is 7.15. The van der Waals surface area contributed by atoms with Crippen molar-refractivity contribution >= 4 is 23.1 Å². The molecule has 148 valence electrons. The highest BCUT2D eigenvalue weighted by molar-refractivity contribution is 6.30. The van der Waals surface area contributed by atoms with Crippen LogP contribution in [0.5, 0.6) is 5.75 Å². The van der Waals surface area contributed by atoms with E-state index in [1.54, 1.807) is 13.2 Å². The van der Waals surface area contributed by atoms with Crippen LogP contribution >= 0.6 is 11.6 Å². The van der Waals surface area contributed by atoms with Crippen molar-refractivity contribution < 1.29 is 4.74 Å². The number of halogens is 1. The van der Waals surface area contributed by atoms with Gasteiger partial charge in [0.05, 0.1) is 25.0 Å². The summed E-state index contributed by atoms with van der Waals surface area (Å²) in [5, 5.41) is 8.82. The number of nitrogens with zero attached hydrogens (tertiary/aromatic N) is 4. The quantitative estimate of drug-likeness (QED) is 0.806. The van der Waals surface area contributed by atoms with Crippen molar-refractivity contribution in [1.82, 2.24) is 15.1 Å². The average Bonchev–Trinajstić information content (AvgIpc) is 3.18. The van der Waals surface area contributed by atoms with Crippen molar-refractivity contribution in [1.29, 1.82) is 0 Å². The summed E-state index contributed by atoms with van der Waals surface area (Å²) < 4.78 is 7.50. The molecule has 0 aliphatic carbocycles. The second-order valence-corrected chi connectivity index (χ2v) is 7.58. The predicted molar refractivity (Wildman–Crippen MR) is 112 cm³/mol. The van der Waals surface area contributed by atoms with Crippen LogP contribution in [-0.2, 0) is 0 Å². The van der Waals surface area contributed by atoms with Gasteiger partial charge in [0, 0.05) is 17.4 Å². The summed E-state index contributed by atoms with van der Waals surface area (Å²) in [6.45, 7) is 2.52. The molecule has 1 unspecified atom stereocenters. The first-order valence-corrected chi connectivity index (χ1v) is 9.86. The lowest BCUT2D eigenvalue weighted by Crippen LogP contribution is -2.33. The zero-order valence-corrected chi connectivity index (χ0v) is 16.6. The Hall–Kier alpha value is -2.51. The first-order valence-electron chi connectivity index (χ1n) is 9.48. The van der Waals surface area contributed by atoms with E-state index in [9.17, 15) is 0 Å². The summed E-state index contributed by atoms with van der Waals surface area (Å²) in [5.41, 5.74) is 7.83. The van der Waals surface area contributed by atoms with Crippen molar-refractivity contribution in [2.45, 2.75) is 18.9 Å². The van der Waals surface area contributed by atoms with Crippen LogP contribution in [0, 0.1) is 5.92 Å². The van der Waals surface area contributed by atoms with Crippen LogP contribution in [0.3, 0.4) is 0 Å². The normalized spacial score (nSPS) is 18.8. The second kappa shape index (κ2) is 8.24. The molecule has 0 bridgehead atoms. The van der Waals surface area contributed by atoms with E-state index in [0.717, 1.165) is 42.9 Å². The SMILES string of the molecule is COc1cc(Cl)cc(C(C2CCNCC2)n2cc(N3C=CC(N)=NC3)cn2)c1. The number of aromatic nitrogens is 2. The molecule has 4 rings (SSSR count). The van der Waals surface area contributed by atoms with Crippen molar-refractivity contribution in [2.24, 2.45) is 16.6 Å². The van der Waals surface area contributed by atoms with Gasteiger partial charge in [0.15, 0.2) is 0 Å². The van der Waals surface area contributed by atoms with E-state index in [2.05, 4.69) is 22.6 Å². The standard InChI is InChI=1S/C20H25ClN6O/c1-28-18-9-15(8-16(21)10-18)20(14-2-5-23-6-3-14)27-12-17(11-25-27)26-7-4-19(22)24-13-26/h4,7-12,14,20,23H,2-3,5-6,13H2,1H3,(H2,22,24). The van der Waals surface area contributed by atoms with Gasteiger partial charge in [-0.15, -0.1) is 0 Å². The minimum absolute atomic E-state index is 0.0887. The Labute approximate surface area is 169 Å². The molecule has 3 heterocycles. The number of nitrogens with one attached hydrogen (secondary N) is 1. The van der Waals surface area contributed by atoms with Gasteiger partial charge in [0.1, 0.15) is 18.3 Å². The number of anilines is 1. The Bertz CT molecular complexity index is 887. The lowest BCUT2D eigenvalue weighted by molar-refractivity contribution is 0.276. The van der Waals surface area contributed by atoms with Crippen molar-refractivity contribution in [3.63, 3.8) is 0 Å². The molecule has 1 atom stereocenters. The summed E-state index contributed by atoms with van der Waals surface area (Å²) in [6, 6.07) is 6.00. The van der Waals surface area contributed by atoms with Crippen LogP contribution < -0.4 is 20.7 Å². The fraction of sp³-hybridized carbons (Fsp3) is 0.400. The Morgan fingerprint density at radius 2 is 2.11 bits per heavy atom. The van der Waals surface area contributed by atoms with E-state index in [-0.39, 0.29) is 6.04 Å². The highest BCUT2D eigenvalue weighted by atomic mass is 35.5. The maximum atomic E-state index is 6.37. The van der Waals surface area contributed by atoms with Crippen LogP contribution in [0.4, 0.5) is 5.69 Å². The molecule has 2 aliphatic heterocycles. The number of ether oxygens (including phenoxy) is 1. The van der Waals surface area contributed by atoms with Gasteiger partial charge in [0.2, 0.25) is 0 Å². The number of rotatable bonds is 5. The molecule has 1 saturated heterocycles. The van der Waals surface area contributed by atoms with Gasteiger partial charge < -0.3 is 20.7 Å².